The Hall–Kier alpha value is -2.35. The Morgan fingerprint density at radius 3 is 2.43 bits per heavy atom. The van der Waals surface area contributed by atoms with Crippen LogP contribution in [0.2, 0.25) is 0 Å². The molecule has 0 N–H and O–H groups in total. The number of hydrogen-bond donors (Lipinski definition) is 0. The SMILES string of the molecule is CCOC(=O)C1=C(c2ccc(C)cc2)c2ccccc2C12CC2. The van der Waals surface area contributed by atoms with E-state index in [1.807, 2.05) is 6.92 Å². The van der Waals surface area contributed by atoms with Gasteiger partial charge in [0.1, 0.15) is 0 Å². The average molecular weight is 304 g/mol. The highest BCUT2D eigenvalue weighted by Gasteiger charge is 2.56. The molecule has 0 radical (unpaired) electrons. The molecule has 2 nitrogen and oxygen atoms in total. The van der Waals surface area contributed by atoms with E-state index >= 15 is 0 Å². The fourth-order valence-corrected chi connectivity index (χ4v) is 3.79. The second-order valence-corrected chi connectivity index (χ2v) is 6.46. The molecule has 0 bridgehead atoms. The molecular weight excluding hydrogens is 284 g/mol. The molecular formula is C21H20O2. The minimum absolute atomic E-state index is 0.108. The smallest absolute Gasteiger partial charge is 0.335 e. The minimum atomic E-state index is -0.156. The van der Waals surface area contributed by atoms with E-state index in [0.717, 1.165) is 29.6 Å². The quantitative estimate of drug-likeness (QED) is 0.785. The zero-order chi connectivity index (χ0) is 16.0. The summed E-state index contributed by atoms with van der Waals surface area (Å²) in [6, 6.07) is 16.9. The summed E-state index contributed by atoms with van der Waals surface area (Å²) in [5.41, 5.74) is 6.63. The molecule has 23 heavy (non-hydrogen) atoms. The summed E-state index contributed by atoms with van der Waals surface area (Å²) in [5, 5.41) is 0. The number of fused-ring (bicyclic) bond motifs is 2. The normalized spacial score (nSPS) is 17.3. The van der Waals surface area contributed by atoms with Crippen LogP contribution >= 0.6 is 0 Å². The van der Waals surface area contributed by atoms with Gasteiger partial charge in [-0.3, -0.25) is 0 Å². The van der Waals surface area contributed by atoms with Crippen molar-refractivity contribution in [2.45, 2.75) is 32.1 Å². The molecule has 2 aliphatic rings. The Kier molecular flexibility index (Phi) is 3.15. The molecule has 0 amide bonds. The highest BCUT2D eigenvalue weighted by molar-refractivity contribution is 6.08. The molecule has 116 valence electrons. The van der Waals surface area contributed by atoms with E-state index in [-0.39, 0.29) is 11.4 Å². The lowest BCUT2D eigenvalue weighted by Gasteiger charge is -2.14. The van der Waals surface area contributed by atoms with Crippen molar-refractivity contribution in [2.75, 3.05) is 6.61 Å². The van der Waals surface area contributed by atoms with Crippen LogP contribution in [0.5, 0.6) is 0 Å². The summed E-state index contributed by atoms with van der Waals surface area (Å²) < 4.78 is 5.41. The Labute approximate surface area is 136 Å². The Balaban J connectivity index is 1.97. The molecule has 2 aromatic rings. The summed E-state index contributed by atoms with van der Waals surface area (Å²) in [5.74, 6) is -0.156. The number of benzene rings is 2. The predicted molar refractivity (Wildman–Crippen MR) is 91.2 cm³/mol. The van der Waals surface area contributed by atoms with Crippen molar-refractivity contribution in [2.24, 2.45) is 0 Å². The van der Waals surface area contributed by atoms with Gasteiger partial charge in [-0.05, 0) is 43.4 Å². The number of aryl methyl sites for hydroxylation is 1. The highest BCUT2D eigenvalue weighted by Crippen LogP contribution is 2.62. The highest BCUT2D eigenvalue weighted by atomic mass is 16.5. The predicted octanol–water partition coefficient (Wildman–Crippen LogP) is 4.41. The van der Waals surface area contributed by atoms with Gasteiger partial charge in [0.2, 0.25) is 0 Å². The lowest BCUT2D eigenvalue weighted by atomic mass is 9.92. The first kappa shape index (κ1) is 14.3. The molecule has 2 aromatic carbocycles. The molecule has 1 fully saturated rings. The van der Waals surface area contributed by atoms with Crippen molar-refractivity contribution in [1.82, 2.24) is 0 Å². The van der Waals surface area contributed by atoms with Crippen LogP contribution in [-0.2, 0) is 14.9 Å². The molecule has 2 aliphatic carbocycles. The van der Waals surface area contributed by atoms with Crippen LogP contribution in [0, 0.1) is 6.92 Å². The summed E-state index contributed by atoms with van der Waals surface area (Å²) in [7, 11) is 0. The van der Waals surface area contributed by atoms with Crippen molar-refractivity contribution in [3.8, 4) is 0 Å². The molecule has 0 atom stereocenters. The van der Waals surface area contributed by atoms with Crippen LogP contribution in [0.25, 0.3) is 5.57 Å². The van der Waals surface area contributed by atoms with Gasteiger partial charge in [0.25, 0.3) is 0 Å². The average Bonchev–Trinajstić information content (AvgIpc) is 3.29. The van der Waals surface area contributed by atoms with E-state index in [9.17, 15) is 4.79 Å². The van der Waals surface area contributed by atoms with Gasteiger partial charge in [-0.2, -0.15) is 0 Å². The topological polar surface area (TPSA) is 26.3 Å². The van der Waals surface area contributed by atoms with E-state index in [2.05, 4.69) is 55.5 Å². The van der Waals surface area contributed by atoms with E-state index in [4.69, 9.17) is 4.74 Å². The molecule has 0 heterocycles. The number of esters is 1. The summed E-state index contributed by atoms with van der Waals surface area (Å²) in [6.07, 6.45) is 2.07. The summed E-state index contributed by atoms with van der Waals surface area (Å²) in [4.78, 5) is 12.7. The lowest BCUT2D eigenvalue weighted by molar-refractivity contribution is -0.138. The van der Waals surface area contributed by atoms with E-state index in [1.165, 1.54) is 16.7 Å². The van der Waals surface area contributed by atoms with Crippen molar-refractivity contribution in [1.29, 1.82) is 0 Å². The number of carbonyl (C=O) groups excluding carboxylic acids is 1. The molecule has 1 saturated carbocycles. The third-order valence-electron chi connectivity index (χ3n) is 5.01. The molecule has 0 aromatic heterocycles. The number of carbonyl (C=O) groups is 1. The van der Waals surface area contributed by atoms with E-state index in [0.29, 0.717) is 6.61 Å². The van der Waals surface area contributed by atoms with Gasteiger partial charge < -0.3 is 4.74 Å². The van der Waals surface area contributed by atoms with Gasteiger partial charge in [0, 0.05) is 11.0 Å². The monoisotopic (exact) mass is 304 g/mol. The number of ether oxygens (including phenoxy) is 1. The molecule has 0 aliphatic heterocycles. The third-order valence-corrected chi connectivity index (χ3v) is 5.01. The maximum Gasteiger partial charge on any atom is 0.335 e. The Morgan fingerprint density at radius 2 is 1.78 bits per heavy atom. The fraction of sp³-hybridized carbons (Fsp3) is 0.286. The largest absolute Gasteiger partial charge is 0.463 e. The van der Waals surface area contributed by atoms with Gasteiger partial charge in [-0.1, -0.05) is 54.1 Å². The van der Waals surface area contributed by atoms with Crippen molar-refractivity contribution in [3.63, 3.8) is 0 Å². The van der Waals surface area contributed by atoms with Crippen LogP contribution in [0.1, 0.15) is 42.0 Å². The first-order valence-corrected chi connectivity index (χ1v) is 8.26. The second-order valence-electron chi connectivity index (χ2n) is 6.46. The van der Waals surface area contributed by atoms with Crippen LogP contribution in [-0.4, -0.2) is 12.6 Å². The summed E-state index contributed by atoms with van der Waals surface area (Å²) in [6.45, 7) is 4.36. The van der Waals surface area contributed by atoms with Crippen LogP contribution in [0.15, 0.2) is 54.1 Å². The van der Waals surface area contributed by atoms with Crippen molar-refractivity contribution >= 4 is 11.5 Å². The fourth-order valence-electron chi connectivity index (χ4n) is 3.79. The zero-order valence-electron chi connectivity index (χ0n) is 13.6. The Morgan fingerprint density at radius 1 is 1.09 bits per heavy atom. The van der Waals surface area contributed by atoms with Crippen molar-refractivity contribution < 1.29 is 9.53 Å². The third kappa shape index (κ3) is 2.05. The summed E-state index contributed by atoms with van der Waals surface area (Å²) >= 11 is 0. The Bertz CT molecular complexity index is 808. The maximum absolute atomic E-state index is 12.7. The second kappa shape index (κ2) is 5.09. The minimum Gasteiger partial charge on any atom is -0.463 e. The number of rotatable bonds is 3. The van der Waals surface area contributed by atoms with E-state index < -0.39 is 0 Å². The first-order chi connectivity index (χ1) is 11.2. The molecule has 0 saturated heterocycles. The van der Waals surface area contributed by atoms with Gasteiger partial charge in [-0.25, -0.2) is 4.79 Å². The molecule has 4 rings (SSSR count). The van der Waals surface area contributed by atoms with Crippen LogP contribution in [0.4, 0.5) is 0 Å². The van der Waals surface area contributed by atoms with Crippen LogP contribution < -0.4 is 0 Å². The zero-order valence-corrected chi connectivity index (χ0v) is 13.6. The first-order valence-electron chi connectivity index (χ1n) is 8.26. The standard InChI is InChI=1S/C21H20O2/c1-3-23-20(22)19-18(15-10-8-14(2)9-11-15)16-6-4-5-7-17(16)21(19)12-13-21/h4-11H,3,12-13H2,1-2H3. The van der Waals surface area contributed by atoms with E-state index in [1.54, 1.807) is 0 Å². The van der Waals surface area contributed by atoms with Gasteiger partial charge >= 0.3 is 5.97 Å². The molecule has 2 heteroatoms. The molecule has 0 unspecified atom stereocenters. The van der Waals surface area contributed by atoms with Gasteiger partial charge in [-0.15, -0.1) is 0 Å². The van der Waals surface area contributed by atoms with Gasteiger partial charge in [0.05, 0.1) is 12.2 Å². The lowest BCUT2D eigenvalue weighted by Crippen LogP contribution is -2.18. The molecule has 1 spiro atoms. The number of hydrogen-bond acceptors (Lipinski definition) is 2. The van der Waals surface area contributed by atoms with Gasteiger partial charge in [0.15, 0.2) is 0 Å². The maximum atomic E-state index is 12.7. The van der Waals surface area contributed by atoms with Crippen molar-refractivity contribution in [3.05, 3.63) is 76.4 Å². The van der Waals surface area contributed by atoms with Crippen LogP contribution in [0.3, 0.4) is 0 Å².